The maximum absolute atomic E-state index is 10.6. The van der Waals surface area contributed by atoms with Gasteiger partial charge in [-0.2, -0.15) is 0 Å². The lowest BCUT2D eigenvalue weighted by Crippen LogP contribution is -2.45. The van der Waals surface area contributed by atoms with Crippen molar-refractivity contribution in [1.29, 1.82) is 0 Å². The van der Waals surface area contributed by atoms with Gasteiger partial charge in [0.1, 0.15) is 0 Å². The SMILES string of the molecule is CC(C)=C[C@@H]1CC1(C)C.CC(C)[C@H]1CC[C@H](C)C[C@@H]1NC(=O)O. The summed E-state index contributed by atoms with van der Waals surface area (Å²) in [6.45, 7) is 15.6. The van der Waals surface area contributed by atoms with Gasteiger partial charge in [0.15, 0.2) is 0 Å². The van der Waals surface area contributed by atoms with E-state index >= 15 is 0 Å². The molecular formula is C20H37NO2. The van der Waals surface area contributed by atoms with E-state index in [-0.39, 0.29) is 6.04 Å². The van der Waals surface area contributed by atoms with E-state index in [2.05, 4.69) is 59.9 Å². The molecule has 3 nitrogen and oxygen atoms in total. The number of rotatable bonds is 3. The monoisotopic (exact) mass is 323 g/mol. The number of carboxylic acid groups (broad SMARTS) is 1. The van der Waals surface area contributed by atoms with Gasteiger partial charge in [-0.05, 0) is 62.2 Å². The molecule has 0 unspecified atom stereocenters. The van der Waals surface area contributed by atoms with E-state index < -0.39 is 6.09 Å². The Hall–Kier alpha value is -0.990. The highest BCUT2D eigenvalue weighted by molar-refractivity contribution is 5.64. The van der Waals surface area contributed by atoms with Crippen LogP contribution in [0.15, 0.2) is 11.6 Å². The van der Waals surface area contributed by atoms with Crippen LogP contribution in [0.5, 0.6) is 0 Å². The largest absolute Gasteiger partial charge is 0.465 e. The van der Waals surface area contributed by atoms with Gasteiger partial charge in [-0.1, -0.05) is 52.7 Å². The minimum absolute atomic E-state index is 0.163. The third-order valence-corrected chi connectivity index (χ3v) is 5.46. The second-order valence-corrected chi connectivity index (χ2v) is 8.93. The van der Waals surface area contributed by atoms with Crippen molar-refractivity contribution in [3.63, 3.8) is 0 Å². The minimum atomic E-state index is -0.880. The van der Waals surface area contributed by atoms with Crippen LogP contribution in [0.25, 0.3) is 0 Å². The van der Waals surface area contributed by atoms with Gasteiger partial charge in [0.25, 0.3) is 0 Å². The van der Waals surface area contributed by atoms with Gasteiger partial charge in [0.2, 0.25) is 0 Å². The average molecular weight is 324 g/mol. The van der Waals surface area contributed by atoms with Gasteiger partial charge < -0.3 is 10.4 Å². The highest BCUT2D eigenvalue weighted by Crippen LogP contribution is 2.52. The Bertz CT molecular complexity index is 421. The molecule has 2 N–H and O–H groups in total. The molecule has 0 aromatic carbocycles. The molecule has 134 valence electrons. The fourth-order valence-electron chi connectivity index (χ4n) is 3.72. The normalized spacial score (nSPS) is 31.7. The molecule has 0 aromatic rings. The van der Waals surface area contributed by atoms with E-state index in [0.717, 1.165) is 18.8 Å². The molecule has 2 aliphatic rings. The predicted octanol–water partition coefficient (Wildman–Crippen LogP) is 5.71. The molecule has 3 heteroatoms. The number of allylic oxidation sites excluding steroid dienone is 2. The maximum atomic E-state index is 10.6. The van der Waals surface area contributed by atoms with E-state index in [1.807, 2.05) is 0 Å². The number of hydrogen-bond acceptors (Lipinski definition) is 1. The van der Waals surface area contributed by atoms with Crippen LogP contribution < -0.4 is 5.32 Å². The van der Waals surface area contributed by atoms with E-state index in [1.54, 1.807) is 0 Å². The standard InChI is InChI=1S/C11H21NO2.C9H16/c1-7(2)9-5-4-8(3)6-10(9)12-11(13)14;1-7(2)5-8-6-9(8,3)4/h7-10,12H,4-6H2,1-3H3,(H,13,14);5,8H,6H2,1-4H3/t8-,9+,10-;8-/m01/s1. The van der Waals surface area contributed by atoms with Crippen molar-refractivity contribution in [2.75, 3.05) is 0 Å². The summed E-state index contributed by atoms with van der Waals surface area (Å²) in [6, 6.07) is 0.163. The second kappa shape index (κ2) is 8.21. The highest BCUT2D eigenvalue weighted by atomic mass is 16.4. The Morgan fingerprint density at radius 2 is 1.83 bits per heavy atom. The van der Waals surface area contributed by atoms with Crippen LogP contribution in [0.1, 0.15) is 74.1 Å². The molecule has 0 heterocycles. The van der Waals surface area contributed by atoms with E-state index in [4.69, 9.17) is 5.11 Å². The van der Waals surface area contributed by atoms with Crippen molar-refractivity contribution in [3.8, 4) is 0 Å². The van der Waals surface area contributed by atoms with Crippen molar-refractivity contribution >= 4 is 6.09 Å². The summed E-state index contributed by atoms with van der Waals surface area (Å²) in [5.41, 5.74) is 2.09. The number of carbonyl (C=O) groups is 1. The van der Waals surface area contributed by atoms with Gasteiger partial charge in [-0.15, -0.1) is 0 Å². The molecule has 2 rings (SSSR count). The molecule has 2 aliphatic carbocycles. The van der Waals surface area contributed by atoms with Crippen molar-refractivity contribution in [3.05, 3.63) is 11.6 Å². The first-order valence-corrected chi connectivity index (χ1v) is 9.17. The second-order valence-electron chi connectivity index (χ2n) is 8.93. The van der Waals surface area contributed by atoms with Crippen LogP contribution in [-0.2, 0) is 0 Å². The molecule has 0 spiro atoms. The smallest absolute Gasteiger partial charge is 0.404 e. The zero-order valence-corrected chi connectivity index (χ0v) is 16.1. The molecule has 0 saturated heterocycles. The lowest BCUT2D eigenvalue weighted by molar-refractivity contribution is 0.147. The number of nitrogens with one attached hydrogen (secondary N) is 1. The predicted molar refractivity (Wildman–Crippen MR) is 97.6 cm³/mol. The first-order chi connectivity index (χ1) is 10.5. The Morgan fingerprint density at radius 1 is 1.26 bits per heavy atom. The molecule has 0 bridgehead atoms. The topological polar surface area (TPSA) is 49.3 Å². The van der Waals surface area contributed by atoms with Gasteiger partial charge >= 0.3 is 6.09 Å². The van der Waals surface area contributed by atoms with Crippen molar-refractivity contribution in [2.24, 2.45) is 29.1 Å². The van der Waals surface area contributed by atoms with Crippen LogP contribution in [0.2, 0.25) is 0 Å². The Labute approximate surface area is 142 Å². The van der Waals surface area contributed by atoms with E-state index in [1.165, 1.54) is 18.4 Å². The Kier molecular flexibility index (Phi) is 7.16. The minimum Gasteiger partial charge on any atom is -0.465 e. The zero-order chi connectivity index (χ0) is 17.8. The summed E-state index contributed by atoms with van der Waals surface area (Å²) in [6.07, 6.45) is 6.28. The number of hydrogen-bond donors (Lipinski definition) is 2. The van der Waals surface area contributed by atoms with Crippen LogP contribution in [0, 0.1) is 29.1 Å². The summed E-state index contributed by atoms with van der Waals surface area (Å²) in [5.74, 6) is 2.62. The average Bonchev–Trinajstić information content (AvgIpc) is 2.94. The third kappa shape index (κ3) is 6.97. The van der Waals surface area contributed by atoms with E-state index in [0.29, 0.717) is 23.2 Å². The Morgan fingerprint density at radius 3 is 2.17 bits per heavy atom. The first kappa shape index (κ1) is 20.1. The molecule has 2 fully saturated rings. The van der Waals surface area contributed by atoms with Crippen molar-refractivity contribution in [2.45, 2.75) is 80.2 Å². The summed E-state index contributed by atoms with van der Waals surface area (Å²) in [5, 5.41) is 11.4. The quantitative estimate of drug-likeness (QED) is 0.653. The molecule has 4 atom stereocenters. The summed E-state index contributed by atoms with van der Waals surface area (Å²) in [4.78, 5) is 10.6. The highest BCUT2D eigenvalue weighted by Gasteiger charge is 2.43. The molecule has 0 aliphatic heterocycles. The van der Waals surface area contributed by atoms with Gasteiger partial charge in [0, 0.05) is 6.04 Å². The van der Waals surface area contributed by atoms with Crippen molar-refractivity contribution in [1.82, 2.24) is 5.32 Å². The van der Waals surface area contributed by atoms with Crippen LogP contribution in [-0.4, -0.2) is 17.2 Å². The molecule has 1 amide bonds. The molecule has 23 heavy (non-hydrogen) atoms. The fourth-order valence-corrected chi connectivity index (χ4v) is 3.72. The summed E-state index contributed by atoms with van der Waals surface area (Å²) < 4.78 is 0. The number of amides is 1. The van der Waals surface area contributed by atoms with Crippen molar-refractivity contribution < 1.29 is 9.90 Å². The molecule has 0 aromatic heterocycles. The van der Waals surface area contributed by atoms with Crippen LogP contribution in [0.3, 0.4) is 0 Å². The Balaban J connectivity index is 0.000000253. The molecular weight excluding hydrogens is 286 g/mol. The van der Waals surface area contributed by atoms with Gasteiger partial charge in [0.05, 0.1) is 0 Å². The first-order valence-electron chi connectivity index (χ1n) is 9.17. The molecule has 2 saturated carbocycles. The summed E-state index contributed by atoms with van der Waals surface area (Å²) in [7, 11) is 0. The van der Waals surface area contributed by atoms with Gasteiger partial charge in [-0.25, -0.2) is 4.79 Å². The van der Waals surface area contributed by atoms with Gasteiger partial charge in [-0.3, -0.25) is 0 Å². The maximum Gasteiger partial charge on any atom is 0.404 e. The van der Waals surface area contributed by atoms with Crippen LogP contribution >= 0.6 is 0 Å². The van der Waals surface area contributed by atoms with Crippen LogP contribution in [0.4, 0.5) is 4.79 Å². The van der Waals surface area contributed by atoms with E-state index in [9.17, 15) is 4.79 Å². The lowest BCUT2D eigenvalue weighted by atomic mass is 9.74. The molecule has 0 radical (unpaired) electrons. The third-order valence-electron chi connectivity index (χ3n) is 5.46. The zero-order valence-electron chi connectivity index (χ0n) is 16.1. The summed E-state index contributed by atoms with van der Waals surface area (Å²) >= 11 is 0. The lowest BCUT2D eigenvalue weighted by Gasteiger charge is -2.37. The fraction of sp³-hybridized carbons (Fsp3) is 0.850.